The number of nitrogens with zero attached hydrogens (tertiary/aromatic N) is 4. The quantitative estimate of drug-likeness (QED) is 0.495. The third-order valence-electron chi connectivity index (χ3n) is 4.33. The maximum Gasteiger partial charge on any atom is 0.420 e. The molecule has 4 aromatic rings. The molecule has 0 radical (unpaired) electrons. The van der Waals surface area contributed by atoms with Crippen molar-refractivity contribution in [2.75, 3.05) is 4.72 Å². The van der Waals surface area contributed by atoms with Crippen molar-refractivity contribution in [1.29, 1.82) is 5.26 Å². The van der Waals surface area contributed by atoms with Gasteiger partial charge in [-0.05, 0) is 36.4 Å². The van der Waals surface area contributed by atoms with Crippen molar-refractivity contribution in [2.24, 2.45) is 0 Å². The Labute approximate surface area is 170 Å². The number of aromatic nitrogens is 3. The fourth-order valence-electron chi connectivity index (χ4n) is 2.83. The molecule has 2 aromatic heterocycles. The van der Waals surface area contributed by atoms with E-state index >= 15 is 0 Å². The number of hydrogen-bond donors (Lipinski definition) is 1. The van der Waals surface area contributed by atoms with E-state index in [-0.39, 0.29) is 17.0 Å². The zero-order chi connectivity index (χ0) is 21.3. The normalized spacial score (nSPS) is 11.5. The van der Waals surface area contributed by atoms with E-state index in [1.54, 1.807) is 0 Å². The van der Waals surface area contributed by atoms with Gasteiger partial charge in [0, 0.05) is 18.2 Å². The Bertz CT molecular complexity index is 1420. The van der Waals surface area contributed by atoms with E-state index in [1.165, 1.54) is 47.0 Å². The van der Waals surface area contributed by atoms with Crippen LogP contribution in [0.25, 0.3) is 11.1 Å². The zero-order valence-electron chi connectivity index (χ0n) is 15.7. The second kappa shape index (κ2) is 7.49. The van der Waals surface area contributed by atoms with E-state index in [1.807, 2.05) is 13.0 Å². The van der Waals surface area contributed by atoms with Gasteiger partial charge in [0.1, 0.15) is 0 Å². The topological polar surface area (TPSA) is 144 Å². The smallest absolute Gasteiger partial charge is 0.408 e. The summed E-state index contributed by atoms with van der Waals surface area (Å²) in [7, 11) is -3.93. The molecule has 0 aliphatic carbocycles. The number of nitriles is 1. The van der Waals surface area contributed by atoms with Crippen molar-refractivity contribution in [3.8, 4) is 6.07 Å². The molecule has 0 saturated heterocycles. The number of anilines is 1. The Morgan fingerprint density at radius 2 is 1.97 bits per heavy atom. The second-order valence-electron chi connectivity index (χ2n) is 6.34. The van der Waals surface area contributed by atoms with Crippen LogP contribution in [-0.4, -0.2) is 23.1 Å². The minimum atomic E-state index is -3.93. The average molecular weight is 425 g/mol. The third-order valence-corrected chi connectivity index (χ3v) is 5.71. The molecule has 0 atom stereocenters. The van der Waals surface area contributed by atoms with E-state index in [0.29, 0.717) is 34.9 Å². The molecule has 0 aliphatic rings. The van der Waals surface area contributed by atoms with Crippen molar-refractivity contribution in [3.05, 3.63) is 70.3 Å². The molecule has 0 amide bonds. The summed E-state index contributed by atoms with van der Waals surface area (Å²) >= 11 is 0. The summed E-state index contributed by atoms with van der Waals surface area (Å²) in [6, 6.07) is 12.1. The van der Waals surface area contributed by atoms with Crippen molar-refractivity contribution in [1.82, 2.24) is 14.7 Å². The molecule has 11 heteroatoms. The average Bonchev–Trinajstić information content (AvgIpc) is 3.32. The monoisotopic (exact) mass is 425 g/mol. The van der Waals surface area contributed by atoms with Crippen LogP contribution in [0.4, 0.5) is 5.69 Å². The molecule has 2 aromatic carbocycles. The number of sulfonamides is 1. The first-order valence-corrected chi connectivity index (χ1v) is 10.4. The highest BCUT2D eigenvalue weighted by Gasteiger charge is 2.19. The summed E-state index contributed by atoms with van der Waals surface area (Å²) in [4.78, 5) is 16.3. The Kier molecular flexibility index (Phi) is 4.85. The molecular weight excluding hydrogens is 410 g/mol. The Balaban J connectivity index is 1.64. The van der Waals surface area contributed by atoms with Gasteiger partial charge in [-0.2, -0.15) is 10.2 Å². The molecule has 30 heavy (non-hydrogen) atoms. The highest BCUT2D eigenvalue weighted by Crippen LogP contribution is 2.22. The summed E-state index contributed by atoms with van der Waals surface area (Å²) in [5, 5.41) is 12.6. The van der Waals surface area contributed by atoms with Crippen LogP contribution in [0.3, 0.4) is 0 Å². The van der Waals surface area contributed by atoms with Gasteiger partial charge in [-0.1, -0.05) is 12.1 Å². The fourth-order valence-corrected chi connectivity index (χ4v) is 3.90. The molecule has 4 rings (SSSR count). The maximum absolute atomic E-state index is 12.7. The van der Waals surface area contributed by atoms with E-state index < -0.39 is 15.8 Å². The largest absolute Gasteiger partial charge is 0.420 e. The van der Waals surface area contributed by atoms with Crippen LogP contribution in [0, 0.1) is 11.3 Å². The van der Waals surface area contributed by atoms with E-state index in [0.717, 1.165) is 0 Å². The predicted octanol–water partition coefficient (Wildman–Crippen LogP) is 2.26. The van der Waals surface area contributed by atoms with Gasteiger partial charge in [-0.15, -0.1) is 0 Å². The summed E-state index contributed by atoms with van der Waals surface area (Å²) in [6.45, 7) is 1.90. The third kappa shape index (κ3) is 3.68. The van der Waals surface area contributed by atoms with Gasteiger partial charge in [-0.25, -0.2) is 13.2 Å². The standard InChI is InChI=1S/C19H15N5O5S/c1-2-18-21-17(22-29-18)11-24-15-8-7-14(9-16(15)28-19(24)25)30(26,27)23-13-5-3-12(10-20)4-6-13/h3-9,23H,2,11H2,1H3. The van der Waals surface area contributed by atoms with Crippen molar-refractivity contribution in [2.45, 2.75) is 24.8 Å². The van der Waals surface area contributed by atoms with Crippen molar-refractivity contribution >= 4 is 26.8 Å². The highest BCUT2D eigenvalue weighted by atomic mass is 32.2. The Morgan fingerprint density at radius 1 is 1.20 bits per heavy atom. The van der Waals surface area contributed by atoms with Crippen LogP contribution in [0.5, 0.6) is 0 Å². The molecule has 10 nitrogen and oxygen atoms in total. The number of benzene rings is 2. The molecular formula is C19H15N5O5S. The van der Waals surface area contributed by atoms with Gasteiger partial charge >= 0.3 is 5.76 Å². The lowest BCUT2D eigenvalue weighted by molar-refractivity contribution is 0.375. The Morgan fingerprint density at radius 3 is 2.63 bits per heavy atom. The molecule has 0 saturated carbocycles. The first-order valence-electron chi connectivity index (χ1n) is 8.87. The van der Waals surface area contributed by atoms with Gasteiger partial charge in [0.25, 0.3) is 10.0 Å². The Hall–Kier alpha value is -3.91. The molecule has 152 valence electrons. The molecule has 0 spiro atoms. The maximum atomic E-state index is 12.7. The van der Waals surface area contributed by atoms with Crippen LogP contribution in [0.2, 0.25) is 0 Å². The van der Waals surface area contributed by atoms with Crippen LogP contribution in [0.1, 0.15) is 24.2 Å². The summed E-state index contributed by atoms with van der Waals surface area (Å²) < 4.78 is 39.3. The van der Waals surface area contributed by atoms with E-state index in [2.05, 4.69) is 14.9 Å². The molecule has 0 unspecified atom stereocenters. The number of hydrogen-bond acceptors (Lipinski definition) is 8. The van der Waals surface area contributed by atoms with Crippen molar-refractivity contribution in [3.63, 3.8) is 0 Å². The first-order chi connectivity index (χ1) is 14.4. The zero-order valence-corrected chi connectivity index (χ0v) is 16.5. The summed E-state index contributed by atoms with van der Waals surface area (Å²) in [5.41, 5.74) is 1.23. The van der Waals surface area contributed by atoms with Crippen LogP contribution < -0.4 is 10.5 Å². The van der Waals surface area contributed by atoms with Gasteiger partial charge in [0.05, 0.1) is 28.6 Å². The highest BCUT2D eigenvalue weighted by molar-refractivity contribution is 7.92. The van der Waals surface area contributed by atoms with Crippen LogP contribution in [-0.2, 0) is 23.0 Å². The van der Waals surface area contributed by atoms with Crippen LogP contribution >= 0.6 is 0 Å². The SMILES string of the molecule is CCc1nc(Cn2c(=O)oc3cc(S(=O)(=O)Nc4ccc(C#N)cc4)ccc32)no1. The van der Waals surface area contributed by atoms with Gasteiger partial charge in [0.2, 0.25) is 5.89 Å². The number of fused-ring (bicyclic) bond motifs is 1. The van der Waals surface area contributed by atoms with Gasteiger partial charge in [0.15, 0.2) is 11.4 Å². The first kappa shape index (κ1) is 19.4. The second-order valence-corrected chi connectivity index (χ2v) is 8.02. The fraction of sp³-hybridized carbons (Fsp3) is 0.158. The number of rotatable bonds is 6. The van der Waals surface area contributed by atoms with Crippen LogP contribution in [0.15, 0.2) is 61.1 Å². The minimum absolute atomic E-state index is 0.0327. The summed E-state index contributed by atoms with van der Waals surface area (Å²) in [6.07, 6.45) is 0.571. The van der Waals surface area contributed by atoms with E-state index in [4.69, 9.17) is 14.2 Å². The lowest BCUT2D eigenvalue weighted by atomic mass is 10.2. The molecule has 0 bridgehead atoms. The van der Waals surface area contributed by atoms with E-state index in [9.17, 15) is 13.2 Å². The predicted molar refractivity (Wildman–Crippen MR) is 105 cm³/mol. The van der Waals surface area contributed by atoms with Gasteiger partial charge < -0.3 is 8.94 Å². The molecule has 0 aliphatic heterocycles. The molecule has 0 fully saturated rings. The molecule has 1 N–H and O–H groups in total. The number of aryl methyl sites for hydroxylation is 1. The summed E-state index contributed by atoms with van der Waals surface area (Å²) in [5.74, 6) is 0.103. The minimum Gasteiger partial charge on any atom is -0.408 e. The molecule has 2 heterocycles. The van der Waals surface area contributed by atoms with Crippen molar-refractivity contribution < 1.29 is 17.4 Å². The number of nitrogens with one attached hydrogen (secondary N) is 1. The lowest BCUT2D eigenvalue weighted by Crippen LogP contribution is -2.15. The number of oxazole rings is 1. The lowest BCUT2D eigenvalue weighted by Gasteiger charge is -2.08. The van der Waals surface area contributed by atoms with Gasteiger partial charge in [-0.3, -0.25) is 9.29 Å².